The summed E-state index contributed by atoms with van der Waals surface area (Å²) in [6.07, 6.45) is 5.41. The summed E-state index contributed by atoms with van der Waals surface area (Å²) in [6.45, 7) is 5.88. The van der Waals surface area contributed by atoms with Crippen molar-refractivity contribution in [2.45, 2.75) is 76.3 Å². The highest BCUT2D eigenvalue weighted by molar-refractivity contribution is 5.84. The molecule has 1 saturated carbocycles. The van der Waals surface area contributed by atoms with Crippen LogP contribution in [0.5, 0.6) is 0 Å². The van der Waals surface area contributed by atoms with Crippen LogP contribution in [-0.2, 0) is 17.8 Å². The SMILES string of the molecule is CCC(=O)N[C@H]1C[C@@H](n2cnc3c(NCCC(c4ccccc4)c4ccccc4)nc(NCCc4cn(CC)cn4)nc32)[C@H](O)[C@@H]1O. The van der Waals surface area contributed by atoms with Crippen LogP contribution in [0.3, 0.4) is 0 Å². The molecule has 0 aliphatic heterocycles. The number of nitrogens with one attached hydrogen (secondary N) is 3. The summed E-state index contributed by atoms with van der Waals surface area (Å²) in [5, 5.41) is 31.6. The molecule has 0 saturated heterocycles. The Labute approximate surface area is 274 Å². The third kappa shape index (κ3) is 7.28. The largest absolute Gasteiger partial charge is 0.388 e. The van der Waals surface area contributed by atoms with E-state index in [0.29, 0.717) is 55.3 Å². The fraction of sp³-hybridized carbons (Fsp3) is 0.400. The van der Waals surface area contributed by atoms with Crippen LogP contribution in [0.15, 0.2) is 79.5 Å². The zero-order chi connectivity index (χ0) is 32.8. The standard InChI is InChI=1S/C35H43N9O3/c1-3-29(45)40-27-19-28(32(47)31(27)46)44-22-39-30-33(41-35(42-34(30)44)37-17-15-25-20-43(4-2)21-38-25)36-18-16-26(23-11-7-5-8-12-23)24-13-9-6-10-14-24/h5-14,20-22,26-28,31-32,46-47H,3-4,15-19H2,1-2H3,(H,40,45)(H2,36,37,41,42)/t27-,28+,31+,32-/m0/s1. The van der Waals surface area contributed by atoms with E-state index in [-0.39, 0.29) is 11.8 Å². The molecule has 246 valence electrons. The van der Waals surface area contributed by atoms with Gasteiger partial charge in [0, 0.05) is 44.6 Å². The minimum Gasteiger partial charge on any atom is -0.388 e. The maximum atomic E-state index is 12.1. The van der Waals surface area contributed by atoms with Crippen molar-refractivity contribution in [3.8, 4) is 0 Å². The number of aromatic nitrogens is 6. The van der Waals surface area contributed by atoms with Gasteiger partial charge in [0.15, 0.2) is 17.0 Å². The van der Waals surface area contributed by atoms with Crippen LogP contribution in [0, 0.1) is 0 Å². The number of aryl methyl sites for hydroxylation is 1. The summed E-state index contributed by atoms with van der Waals surface area (Å²) in [4.78, 5) is 30.9. The van der Waals surface area contributed by atoms with E-state index < -0.39 is 24.3 Å². The van der Waals surface area contributed by atoms with E-state index >= 15 is 0 Å². The van der Waals surface area contributed by atoms with Crippen LogP contribution in [0.4, 0.5) is 11.8 Å². The van der Waals surface area contributed by atoms with Crippen molar-refractivity contribution in [2.75, 3.05) is 23.7 Å². The summed E-state index contributed by atoms with van der Waals surface area (Å²) in [7, 11) is 0. The molecule has 47 heavy (non-hydrogen) atoms. The number of carbonyl (C=O) groups is 1. The molecular formula is C35H43N9O3. The number of carbonyl (C=O) groups excluding carboxylic acids is 1. The molecule has 0 bridgehead atoms. The van der Waals surface area contributed by atoms with Gasteiger partial charge in [0.25, 0.3) is 0 Å². The lowest BCUT2D eigenvalue weighted by Crippen LogP contribution is -2.42. The van der Waals surface area contributed by atoms with E-state index in [2.05, 4.69) is 81.4 Å². The Morgan fingerprint density at radius 3 is 2.30 bits per heavy atom. The van der Waals surface area contributed by atoms with Crippen molar-refractivity contribution in [3.63, 3.8) is 0 Å². The first-order chi connectivity index (χ1) is 22.9. The van der Waals surface area contributed by atoms with Crippen molar-refractivity contribution in [1.82, 2.24) is 34.4 Å². The predicted octanol–water partition coefficient (Wildman–Crippen LogP) is 3.89. The Hall–Kier alpha value is -4.81. The van der Waals surface area contributed by atoms with Crippen molar-refractivity contribution < 1.29 is 15.0 Å². The monoisotopic (exact) mass is 637 g/mol. The number of nitrogens with zero attached hydrogens (tertiary/aromatic N) is 6. The van der Waals surface area contributed by atoms with Crippen LogP contribution in [0.2, 0.25) is 0 Å². The van der Waals surface area contributed by atoms with Gasteiger partial charge in [-0.2, -0.15) is 9.97 Å². The minimum absolute atomic E-state index is 0.175. The molecule has 0 spiro atoms. The topological polar surface area (TPSA) is 155 Å². The molecule has 5 N–H and O–H groups in total. The lowest BCUT2D eigenvalue weighted by molar-refractivity contribution is -0.122. The van der Waals surface area contributed by atoms with Gasteiger partial charge in [-0.05, 0) is 30.9 Å². The number of anilines is 2. The number of hydrogen-bond acceptors (Lipinski definition) is 9. The first-order valence-electron chi connectivity index (χ1n) is 16.4. The number of hydrogen-bond donors (Lipinski definition) is 5. The number of aliphatic hydroxyl groups is 2. The summed E-state index contributed by atoms with van der Waals surface area (Å²) in [5.41, 5.74) is 4.55. The quantitative estimate of drug-likeness (QED) is 0.122. The zero-order valence-electron chi connectivity index (χ0n) is 26.8. The van der Waals surface area contributed by atoms with Crippen LogP contribution in [0.25, 0.3) is 11.2 Å². The molecule has 1 amide bonds. The normalized spacial score (nSPS) is 19.3. The van der Waals surface area contributed by atoms with E-state index in [1.165, 1.54) is 11.1 Å². The van der Waals surface area contributed by atoms with Gasteiger partial charge in [-0.25, -0.2) is 9.97 Å². The first-order valence-corrected chi connectivity index (χ1v) is 16.4. The summed E-state index contributed by atoms with van der Waals surface area (Å²) in [5.74, 6) is 1.01. The molecule has 1 aliphatic rings. The molecule has 0 radical (unpaired) electrons. The van der Waals surface area contributed by atoms with Crippen LogP contribution in [0.1, 0.15) is 61.9 Å². The van der Waals surface area contributed by atoms with Crippen LogP contribution >= 0.6 is 0 Å². The Balaban J connectivity index is 1.26. The third-order valence-corrected chi connectivity index (χ3v) is 8.94. The van der Waals surface area contributed by atoms with Crippen LogP contribution < -0.4 is 16.0 Å². The second-order valence-electron chi connectivity index (χ2n) is 12.0. The Morgan fingerprint density at radius 2 is 1.64 bits per heavy atom. The fourth-order valence-corrected chi connectivity index (χ4v) is 6.34. The molecule has 12 nitrogen and oxygen atoms in total. The highest BCUT2D eigenvalue weighted by Gasteiger charge is 2.43. The van der Waals surface area contributed by atoms with E-state index in [4.69, 9.17) is 9.97 Å². The summed E-state index contributed by atoms with van der Waals surface area (Å²) < 4.78 is 3.83. The van der Waals surface area contributed by atoms with Gasteiger partial charge in [-0.3, -0.25) is 4.79 Å². The van der Waals surface area contributed by atoms with Crippen molar-refractivity contribution in [3.05, 3.63) is 96.3 Å². The van der Waals surface area contributed by atoms with E-state index in [9.17, 15) is 15.0 Å². The number of fused-ring (bicyclic) bond motifs is 1. The van der Waals surface area contributed by atoms with Gasteiger partial charge >= 0.3 is 0 Å². The predicted molar refractivity (Wildman–Crippen MR) is 181 cm³/mol. The molecule has 12 heteroatoms. The molecule has 6 rings (SSSR count). The number of benzene rings is 2. The second kappa shape index (κ2) is 14.7. The lowest BCUT2D eigenvalue weighted by Gasteiger charge is -2.19. The van der Waals surface area contributed by atoms with E-state index in [1.54, 1.807) is 17.8 Å². The average molecular weight is 638 g/mol. The maximum absolute atomic E-state index is 12.1. The van der Waals surface area contributed by atoms with Crippen LogP contribution in [-0.4, -0.2) is 76.5 Å². The highest BCUT2D eigenvalue weighted by atomic mass is 16.3. The Bertz CT molecular complexity index is 1720. The Kier molecular flexibility index (Phi) is 10.1. The lowest BCUT2D eigenvalue weighted by atomic mass is 9.88. The van der Waals surface area contributed by atoms with Gasteiger partial charge in [-0.1, -0.05) is 67.6 Å². The zero-order valence-corrected chi connectivity index (χ0v) is 26.8. The number of aliphatic hydroxyl groups excluding tert-OH is 2. The first kappa shape index (κ1) is 32.1. The molecule has 1 fully saturated rings. The highest BCUT2D eigenvalue weighted by Crippen LogP contribution is 2.35. The Morgan fingerprint density at radius 1 is 0.915 bits per heavy atom. The van der Waals surface area contributed by atoms with Crippen molar-refractivity contribution in [2.24, 2.45) is 0 Å². The number of amides is 1. The second-order valence-corrected chi connectivity index (χ2v) is 12.0. The van der Waals surface area contributed by atoms with Gasteiger partial charge < -0.3 is 35.3 Å². The van der Waals surface area contributed by atoms with Crippen molar-refractivity contribution >= 4 is 28.8 Å². The summed E-state index contributed by atoms with van der Waals surface area (Å²) >= 11 is 0. The smallest absolute Gasteiger partial charge is 0.226 e. The maximum Gasteiger partial charge on any atom is 0.226 e. The third-order valence-electron chi connectivity index (χ3n) is 8.94. The van der Waals surface area contributed by atoms with Gasteiger partial charge in [-0.15, -0.1) is 0 Å². The molecule has 4 atom stereocenters. The van der Waals surface area contributed by atoms with Gasteiger partial charge in [0.2, 0.25) is 11.9 Å². The van der Waals surface area contributed by atoms with Gasteiger partial charge in [0.1, 0.15) is 12.2 Å². The molecule has 0 unspecified atom stereocenters. The molecule has 2 aromatic carbocycles. The summed E-state index contributed by atoms with van der Waals surface area (Å²) in [6, 6.07) is 19.8. The number of imidazole rings is 2. The number of rotatable bonds is 14. The van der Waals surface area contributed by atoms with E-state index in [1.807, 2.05) is 29.2 Å². The molecular weight excluding hydrogens is 594 g/mol. The average Bonchev–Trinajstić information content (AvgIpc) is 3.82. The molecule has 3 aromatic heterocycles. The minimum atomic E-state index is -1.11. The molecule has 5 aromatic rings. The van der Waals surface area contributed by atoms with Crippen molar-refractivity contribution in [1.29, 1.82) is 0 Å². The fourth-order valence-electron chi connectivity index (χ4n) is 6.34. The van der Waals surface area contributed by atoms with Gasteiger partial charge in [0.05, 0.1) is 30.4 Å². The van der Waals surface area contributed by atoms with E-state index in [0.717, 1.165) is 18.7 Å². The molecule has 1 aliphatic carbocycles. The molecule has 3 heterocycles.